The number of hydrogen-bond acceptors (Lipinski definition) is 6. The van der Waals surface area contributed by atoms with Gasteiger partial charge in [-0.2, -0.15) is 4.68 Å². The van der Waals surface area contributed by atoms with E-state index in [1.165, 1.54) is 0 Å². The van der Waals surface area contributed by atoms with Crippen molar-refractivity contribution in [2.45, 2.75) is 27.2 Å². The number of carbonyl (C=O) groups is 1. The highest BCUT2D eigenvalue weighted by atomic mass is 16.2. The van der Waals surface area contributed by atoms with Crippen LogP contribution in [0, 0.1) is 5.41 Å². The topological polar surface area (TPSA) is 80.0 Å². The number of para-hydroxylation sites is 1. The second-order valence-electron chi connectivity index (χ2n) is 8.31. The summed E-state index contributed by atoms with van der Waals surface area (Å²) in [4.78, 5) is 25.4. The lowest BCUT2D eigenvalue weighted by molar-refractivity contribution is -0.133. The van der Waals surface area contributed by atoms with Gasteiger partial charge in [-0.1, -0.05) is 44.2 Å². The zero-order chi connectivity index (χ0) is 19.7. The number of hydrogen-bond donors (Lipinski definition) is 0. The standard InChI is InChI=1S/C20H25N7O/c1-20(2,3)13-16(28)25-9-11-26(12-10-25)18-17-19(22-14-21-18)27(24-23-17)15-7-5-4-6-8-15/h4-8,14H,9-13H2,1-3H3. The minimum Gasteiger partial charge on any atom is -0.351 e. The Morgan fingerprint density at radius 2 is 1.75 bits per heavy atom. The van der Waals surface area contributed by atoms with Gasteiger partial charge in [-0.05, 0) is 17.5 Å². The van der Waals surface area contributed by atoms with Gasteiger partial charge in [-0.25, -0.2) is 9.97 Å². The molecular formula is C20H25N7O. The molecule has 4 rings (SSSR count). The van der Waals surface area contributed by atoms with Gasteiger partial charge in [0, 0.05) is 32.6 Å². The summed E-state index contributed by atoms with van der Waals surface area (Å²) in [7, 11) is 0. The third-order valence-electron chi connectivity index (χ3n) is 4.83. The van der Waals surface area contributed by atoms with Gasteiger partial charge in [0.25, 0.3) is 0 Å². The SMILES string of the molecule is CC(C)(C)CC(=O)N1CCN(c2ncnc3c2nnn3-c2ccccc2)CC1. The van der Waals surface area contributed by atoms with E-state index < -0.39 is 0 Å². The summed E-state index contributed by atoms with van der Waals surface area (Å²) < 4.78 is 1.73. The van der Waals surface area contributed by atoms with Crippen molar-refractivity contribution >= 4 is 22.9 Å². The molecule has 1 aliphatic heterocycles. The molecule has 2 aromatic heterocycles. The van der Waals surface area contributed by atoms with Crippen LogP contribution in [0.4, 0.5) is 5.82 Å². The van der Waals surface area contributed by atoms with Crippen LogP contribution in [0.2, 0.25) is 0 Å². The van der Waals surface area contributed by atoms with Crippen LogP contribution in [-0.2, 0) is 4.79 Å². The Hall–Kier alpha value is -3.03. The average Bonchev–Trinajstić information content (AvgIpc) is 3.12. The molecule has 0 aliphatic carbocycles. The van der Waals surface area contributed by atoms with Crippen molar-refractivity contribution in [3.8, 4) is 5.69 Å². The summed E-state index contributed by atoms with van der Waals surface area (Å²) in [5.41, 5.74) is 2.28. The monoisotopic (exact) mass is 379 g/mol. The van der Waals surface area contributed by atoms with Gasteiger partial charge in [0.2, 0.25) is 5.91 Å². The Labute approximate surface area is 164 Å². The number of benzene rings is 1. The number of amides is 1. The smallest absolute Gasteiger partial charge is 0.223 e. The average molecular weight is 379 g/mol. The third-order valence-corrected chi connectivity index (χ3v) is 4.83. The quantitative estimate of drug-likeness (QED) is 0.695. The maximum atomic E-state index is 12.5. The first kappa shape index (κ1) is 18.3. The van der Waals surface area contributed by atoms with E-state index in [0.29, 0.717) is 30.7 Å². The van der Waals surface area contributed by atoms with Gasteiger partial charge in [-0.15, -0.1) is 5.10 Å². The molecular weight excluding hydrogens is 354 g/mol. The van der Waals surface area contributed by atoms with E-state index in [2.05, 4.69) is 46.0 Å². The lowest BCUT2D eigenvalue weighted by Crippen LogP contribution is -2.49. The van der Waals surface area contributed by atoms with Crippen molar-refractivity contribution in [2.75, 3.05) is 31.1 Å². The van der Waals surface area contributed by atoms with E-state index in [-0.39, 0.29) is 11.3 Å². The first-order chi connectivity index (χ1) is 13.4. The van der Waals surface area contributed by atoms with E-state index in [4.69, 9.17) is 0 Å². The highest BCUT2D eigenvalue weighted by Crippen LogP contribution is 2.25. The third kappa shape index (κ3) is 3.67. The lowest BCUT2D eigenvalue weighted by atomic mass is 9.91. The van der Waals surface area contributed by atoms with Crippen molar-refractivity contribution in [3.05, 3.63) is 36.7 Å². The molecule has 1 saturated heterocycles. The predicted octanol–water partition coefficient (Wildman–Crippen LogP) is 2.30. The van der Waals surface area contributed by atoms with Crippen LogP contribution in [0.15, 0.2) is 36.7 Å². The zero-order valence-electron chi connectivity index (χ0n) is 16.5. The Kier molecular flexibility index (Phi) is 4.70. The van der Waals surface area contributed by atoms with Crippen LogP contribution in [0.1, 0.15) is 27.2 Å². The van der Waals surface area contributed by atoms with Crippen molar-refractivity contribution in [3.63, 3.8) is 0 Å². The van der Waals surface area contributed by atoms with Gasteiger partial charge < -0.3 is 9.80 Å². The maximum absolute atomic E-state index is 12.5. The molecule has 1 fully saturated rings. The van der Waals surface area contributed by atoms with Gasteiger partial charge in [-0.3, -0.25) is 4.79 Å². The Morgan fingerprint density at radius 3 is 2.43 bits per heavy atom. The summed E-state index contributed by atoms with van der Waals surface area (Å²) in [6, 6.07) is 9.81. The highest BCUT2D eigenvalue weighted by Gasteiger charge is 2.27. The van der Waals surface area contributed by atoms with E-state index in [9.17, 15) is 4.79 Å². The fourth-order valence-corrected chi connectivity index (χ4v) is 3.44. The van der Waals surface area contributed by atoms with Crippen LogP contribution in [-0.4, -0.2) is 61.9 Å². The van der Waals surface area contributed by atoms with E-state index in [1.54, 1.807) is 11.0 Å². The molecule has 3 heterocycles. The van der Waals surface area contributed by atoms with Crippen LogP contribution < -0.4 is 4.90 Å². The number of fused-ring (bicyclic) bond motifs is 1. The minimum absolute atomic E-state index is 0.00295. The highest BCUT2D eigenvalue weighted by molar-refractivity contribution is 5.84. The molecule has 28 heavy (non-hydrogen) atoms. The second kappa shape index (κ2) is 7.18. The second-order valence-corrected chi connectivity index (χ2v) is 8.31. The Morgan fingerprint density at radius 1 is 1.04 bits per heavy atom. The predicted molar refractivity (Wildman–Crippen MR) is 107 cm³/mol. The molecule has 0 atom stereocenters. The molecule has 8 nitrogen and oxygen atoms in total. The molecule has 0 saturated carbocycles. The molecule has 0 radical (unpaired) electrons. The van der Waals surface area contributed by atoms with Crippen LogP contribution in [0.3, 0.4) is 0 Å². The fourth-order valence-electron chi connectivity index (χ4n) is 3.44. The Bertz CT molecular complexity index is 969. The van der Waals surface area contributed by atoms with Crippen LogP contribution in [0.5, 0.6) is 0 Å². The normalized spacial score (nSPS) is 15.2. The molecule has 1 aliphatic rings. The van der Waals surface area contributed by atoms with Gasteiger partial charge in [0.1, 0.15) is 6.33 Å². The van der Waals surface area contributed by atoms with Crippen molar-refractivity contribution in [2.24, 2.45) is 5.41 Å². The van der Waals surface area contributed by atoms with Gasteiger partial charge in [0.15, 0.2) is 17.0 Å². The number of rotatable bonds is 3. The summed E-state index contributed by atoms with van der Waals surface area (Å²) >= 11 is 0. The summed E-state index contributed by atoms with van der Waals surface area (Å²) in [5.74, 6) is 0.991. The van der Waals surface area contributed by atoms with E-state index >= 15 is 0 Å². The van der Waals surface area contributed by atoms with Crippen LogP contribution >= 0.6 is 0 Å². The molecule has 0 unspecified atom stereocenters. The van der Waals surface area contributed by atoms with Crippen LogP contribution in [0.25, 0.3) is 16.9 Å². The number of anilines is 1. The van der Waals surface area contributed by atoms with Crippen molar-refractivity contribution < 1.29 is 4.79 Å². The number of nitrogens with zero attached hydrogens (tertiary/aromatic N) is 7. The molecule has 0 bridgehead atoms. The van der Waals surface area contributed by atoms with Gasteiger partial charge >= 0.3 is 0 Å². The van der Waals surface area contributed by atoms with Crippen molar-refractivity contribution in [1.82, 2.24) is 29.9 Å². The molecule has 3 aromatic rings. The molecule has 1 amide bonds. The van der Waals surface area contributed by atoms with E-state index in [0.717, 1.165) is 24.6 Å². The molecule has 146 valence electrons. The number of piperazine rings is 1. The number of aromatic nitrogens is 5. The summed E-state index contributed by atoms with van der Waals surface area (Å²) in [6.07, 6.45) is 2.12. The first-order valence-corrected chi connectivity index (χ1v) is 9.57. The summed E-state index contributed by atoms with van der Waals surface area (Å²) in [5, 5.41) is 8.62. The lowest BCUT2D eigenvalue weighted by Gasteiger charge is -2.36. The molecule has 0 spiro atoms. The largest absolute Gasteiger partial charge is 0.351 e. The maximum Gasteiger partial charge on any atom is 0.223 e. The fraction of sp³-hybridized carbons (Fsp3) is 0.450. The molecule has 0 N–H and O–H groups in total. The molecule has 8 heteroatoms. The van der Waals surface area contributed by atoms with E-state index in [1.807, 2.05) is 35.2 Å². The minimum atomic E-state index is 0.00295. The first-order valence-electron chi connectivity index (χ1n) is 9.57. The zero-order valence-corrected chi connectivity index (χ0v) is 16.5. The summed E-state index contributed by atoms with van der Waals surface area (Å²) in [6.45, 7) is 9.10. The van der Waals surface area contributed by atoms with Gasteiger partial charge in [0.05, 0.1) is 5.69 Å². The Balaban J connectivity index is 1.53. The van der Waals surface area contributed by atoms with Crippen molar-refractivity contribution in [1.29, 1.82) is 0 Å². The number of carbonyl (C=O) groups excluding carboxylic acids is 1. The molecule has 1 aromatic carbocycles.